The van der Waals surface area contributed by atoms with Gasteiger partial charge in [0.2, 0.25) is 0 Å². The van der Waals surface area contributed by atoms with Crippen molar-refractivity contribution < 1.29 is 0 Å². The lowest BCUT2D eigenvalue weighted by Crippen LogP contribution is -2.20. The first-order valence-electron chi connectivity index (χ1n) is 8.52. The average molecular weight is 407 g/mol. The third kappa shape index (κ3) is 4.96. The number of halogens is 2. The van der Waals surface area contributed by atoms with Gasteiger partial charge in [-0.05, 0) is 59.7 Å². The number of benzene rings is 3. The van der Waals surface area contributed by atoms with Crippen LogP contribution in [-0.2, 0) is 0 Å². The van der Waals surface area contributed by atoms with Gasteiger partial charge in [0.1, 0.15) is 6.17 Å². The summed E-state index contributed by atoms with van der Waals surface area (Å²) >= 11 is 12.0. The van der Waals surface area contributed by atoms with Crippen molar-refractivity contribution in [1.82, 2.24) is 0 Å². The van der Waals surface area contributed by atoms with Crippen LogP contribution in [0.5, 0.6) is 0 Å². The summed E-state index contributed by atoms with van der Waals surface area (Å²) in [6.07, 6.45) is -0.251. The normalized spacial score (nSPS) is 10.4. The Balaban J connectivity index is 1.88. The molecule has 4 nitrogen and oxygen atoms in total. The smallest absolute Gasteiger partial charge is 0.158 e. The summed E-state index contributed by atoms with van der Waals surface area (Å²) in [7, 11) is 0. The molecule has 0 unspecified atom stereocenters. The van der Waals surface area contributed by atoms with E-state index >= 15 is 0 Å². The molecule has 0 amide bonds. The minimum absolute atomic E-state index is 0.251. The molecule has 2 N–H and O–H groups in total. The first-order chi connectivity index (χ1) is 13.6. The minimum Gasteiger partial charge on any atom is -0.362 e. The van der Waals surface area contributed by atoms with Gasteiger partial charge in [0.15, 0.2) is 5.92 Å². The fourth-order valence-corrected chi connectivity index (χ4v) is 2.94. The highest BCUT2D eigenvalue weighted by Crippen LogP contribution is 2.26. The summed E-state index contributed by atoms with van der Waals surface area (Å²) in [5, 5.41) is 26.3. The lowest BCUT2D eigenvalue weighted by molar-refractivity contribution is 0.899. The second-order valence-corrected chi connectivity index (χ2v) is 6.97. The third-order valence-electron chi connectivity index (χ3n) is 4.17. The van der Waals surface area contributed by atoms with E-state index in [1.54, 1.807) is 12.1 Å². The van der Waals surface area contributed by atoms with E-state index < -0.39 is 5.92 Å². The van der Waals surface area contributed by atoms with Crippen LogP contribution in [-0.4, -0.2) is 0 Å². The SMILES string of the molecule is N#CC(C#N)c1ccc(C(Nc2ccc(Cl)cc2)Nc2ccc(Cl)cc2)cc1. The van der Waals surface area contributed by atoms with E-state index in [9.17, 15) is 0 Å². The predicted molar refractivity (Wildman–Crippen MR) is 113 cm³/mol. The maximum Gasteiger partial charge on any atom is 0.158 e. The Hall–Kier alpha value is -3.18. The van der Waals surface area contributed by atoms with E-state index in [1.807, 2.05) is 72.8 Å². The zero-order valence-corrected chi connectivity index (χ0v) is 16.2. The van der Waals surface area contributed by atoms with E-state index in [2.05, 4.69) is 10.6 Å². The summed E-state index contributed by atoms with van der Waals surface area (Å²) in [5.41, 5.74) is 3.41. The maximum absolute atomic E-state index is 9.07. The molecule has 0 aromatic heterocycles. The number of nitrogens with one attached hydrogen (secondary N) is 2. The molecule has 0 aliphatic heterocycles. The molecular weight excluding hydrogens is 391 g/mol. The van der Waals surface area contributed by atoms with Crippen LogP contribution < -0.4 is 10.6 Å². The summed E-state index contributed by atoms with van der Waals surface area (Å²) < 4.78 is 0. The van der Waals surface area contributed by atoms with Crippen molar-refractivity contribution >= 4 is 34.6 Å². The quantitative estimate of drug-likeness (QED) is 0.467. The van der Waals surface area contributed by atoms with Crippen molar-refractivity contribution in [2.45, 2.75) is 12.1 Å². The monoisotopic (exact) mass is 406 g/mol. The number of hydrogen-bond donors (Lipinski definition) is 2. The minimum atomic E-state index is -0.777. The first-order valence-corrected chi connectivity index (χ1v) is 9.28. The Labute approximate surface area is 173 Å². The zero-order valence-electron chi connectivity index (χ0n) is 14.7. The Kier molecular flexibility index (Phi) is 6.40. The van der Waals surface area contributed by atoms with Crippen LogP contribution in [0, 0.1) is 22.7 Å². The summed E-state index contributed by atoms with van der Waals surface area (Å²) in [6, 6.07) is 26.2. The Morgan fingerprint density at radius 1 is 0.607 bits per heavy atom. The van der Waals surface area contributed by atoms with Crippen LogP contribution in [0.25, 0.3) is 0 Å². The van der Waals surface area contributed by atoms with Gasteiger partial charge in [0, 0.05) is 21.4 Å². The lowest BCUT2D eigenvalue weighted by Gasteiger charge is -2.23. The topological polar surface area (TPSA) is 71.6 Å². The third-order valence-corrected chi connectivity index (χ3v) is 4.68. The highest BCUT2D eigenvalue weighted by atomic mass is 35.5. The molecule has 3 aromatic carbocycles. The Morgan fingerprint density at radius 2 is 1.00 bits per heavy atom. The van der Waals surface area contributed by atoms with Gasteiger partial charge in [-0.25, -0.2) is 0 Å². The van der Waals surface area contributed by atoms with Gasteiger partial charge in [0.05, 0.1) is 12.1 Å². The largest absolute Gasteiger partial charge is 0.362 e. The van der Waals surface area contributed by atoms with Gasteiger partial charge >= 0.3 is 0 Å². The van der Waals surface area contributed by atoms with Crippen molar-refractivity contribution in [3.05, 3.63) is 94.0 Å². The van der Waals surface area contributed by atoms with Crippen LogP contribution in [0.15, 0.2) is 72.8 Å². The summed E-state index contributed by atoms with van der Waals surface area (Å²) in [6.45, 7) is 0. The number of anilines is 2. The van der Waals surface area contributed by atoms with Crippen LogP contribution >= 0.6 is 23.2 Å². The molecule has 0 saturated carbocycles. The highest BCUT2D eigenvalue weighted by molar-refractivity contribution is 6.30. The second-order valence-electron chi connectivity index (χ2n) is 6.09. The van der Waals surface area contributed by atoms with Crippen molar-refractivity contribution in [2.24, 2.45) is 0 Å². The standard InChI is InChI=1S/C22H16Cl2N4/c23-18-5-9-20(10-6-18)27-22(28-21-11-7-19(24)8-12-21)16-3-1-15(2-4-16)17(13-25)14-26/h1-12,17,22,27-28H. The molecule has 28 heavy (non-hydrogen) atoms. The number of nitriles is 2. The zero-order chi connectivity index (χ0) is 19.9. The number of nitrogens with zero attached hydrogens (tertiary/aromatic N) is 2. The molecule has 0 atom stereocenters. The Bertz CT molecular complexity index is 939. The maximum atomic E-state index is 9.07. The average Bonchev–Trinajstić information content (AvgIpc) is 2.72. The fraction of sp³-hybridized carbons (Fsp3) is 0.0909. The van der Waals surface area contributed by atoms with Gasteiger partial charge in [-0.2, -0.15) is 10.5 Å². The van der Waals surface area contributed by atoms with Crippen molar-refractivity contribution in [3.8, 4) is 12.1 Å². The van der Waals surface area contributed by atoms with Crippen molar-refractivity contribution in [1.29, 1.82) is 10.5 Å². The molecule has 0 heterocycles. The molecule has 3 rings (SSSR count). The lowest BCUT2D eigenvalue weighted by atomic mass is 10.00. The molecule has 0 saturated heterocycles. The first kappa shape index (κ1) is 19.6. The predicted octanol–water partition coefficient (Wildman–Crippen LogP) is 6.35. The van der Waals surface area contributed by atoms with E-state index in [1.165, 1.54) is 0 Å². The van der Waals surface area contributed by atoms with E-state index in [4.69, 9.17) is 33.7 Å². The van der Waals surface area contributed by atoms with Gasteiger partial charge in [-0.1, -0.05) is 47.5 Å². The molecule has 0 bridgehead atoms. The molecule has 3 aromatic rings. The van der Waals surface area contributed by atoms with E-state index in [0.717, 1.165) is 16.9 Å². The highest BCUT2D eigenvalue weighted by Gasteiger charge is 2.14. The Morgan fingerprint density at radius 3 is 1.39 bits per heavy atom. The molecule has 0 radical (unpaired) electrons. The number of rotatable bonds is 6. The molecule has 0 aliphatic rings. The van der Waals surface area contributed by atoms with E-state index in [0.29, 0.717) is 15.6 Å². The fourth-order valence-electron chi connectivity index (χ4n) is 2.69. The van der Waals surface area contributed by atoms with Crippen molar-refractivity contribution in [2.75, 3.05) is 10.6 Å². The van der Waals surface area contributed by atoms with Gasteiger partial charge in [0.25, 0.3) is 0 Å². The molecular formula is C22H16Cl2N4. The van der Waals surface area contributed by atoms with Crippen LogP contribution in [0.1, 0.15) is 23.2 Å². The summed E-state index contributed by atoms with van der Waals surface area (Å²) in [4.78, 5) is 0. The molecule has 0 aliphatic carbocycles. The summed E-state index contributed by atoms with van der Waals surface area (Å²) in [5.74, 6) is -0.777. The van der Waals surface area contributed by atoms with Gasteiger partial charge < -0.3 is 10.6 Å². The van der Waals surface area contributed by atoms with E-state index in [-0.39, 0.29) is 6.17 Å². The van der Waals surface area contributed by atoms with Gasteiger partial charge in [-0.3, -0.25) is 0 Å². The molecule has 0 spiro atoms. The molecule has 0 fully saturated rings. The van der Waals surface area contributed by atoms with Crippen LogP contribution in [0.2, 0.25) is 10.0 Å². The van der Waals surface area contributed by atoms with Crippen LogP contribution in [0.4, 0.5) is 11.4 Å². The number of hydrogen-bond acceptors (Lipinski definition) is 4. The molecule has 138 valence electrons. The van der Waals surface area contributed by atoms with Gasteiger partial charge in [-0.15, -0.1) is 0 Å². The van der Waals surface area contributed by atoms with Crippen LogP contribution in [0.3, 0.4) is 0 Å². The second kappa shape index (κ2) is 9.15. The van der Waals surface area contributed by atoms with Crippen molar-refractivity contribution in [3.63, 3.8) is 0 Å². The molecule has 6 heteroatoms.